The van der Waals surface area contributed by atoms with Crippen molar-refractivity contribution in [2.24, 2.45) is 0 Å². The molecular weight excluding hydrogens is 497 g/mol. The molecule has 2 amide bonds. The molecule has 0 aromatic heterocycles. The van der Waals surface area contributed by atoms with Crippen molar-refractivity contribution in [3.05, 3.63) is 93.8 Å². The number of anilines is 2. The normalized spacial score (nSPS) is 18.8. The summed E-state index contributed by atoms with van der Waals surface area (Å²) in [5, 5.41) is 22.9. The lowest BCUT2D eigenvalue weighted by Gasteiger charge is -2.33. The van der Waals surface area contributed by atoms with Gasteiger partial charge in [-0.2, -0.15) is 0 Å². The van der Waals surface area contributed by atoms with E-state index in [1.807, 2.05) is 0 Å². The zero-order valence-corrected chi connectivity index (χ0v) is 19.8. The second-order valence-corrected chi connectivity index (χ2v) is 8.99. The fourth-order valence-corrected chi connectivity index (χ4v) is 4.36. The SMILES string of the molecule is Cc1ccccc1C(=O)Nc1ccc(C(=O)N2CCC(F)(F)[C@](O)(CO)c3cc(Cl)ccc32)cc1F. The molecule has 0 saturated heterocycles. The fourth-order valence-electron chi connectivity index (χ4n) is 4.19. The second-order valence-electron chi connectivity index (χ2n) is 8.55. The van der Waals surface area contributed by atoms with Crippen molar-refractivity contribution in [2.75, 3.05) is 23.4 Å². The number of aliphatic hydroxyl groups is 2. The summed E-state index contributed by atoms with van der Waals surface area (Å²) in [6.45, 7) is -0.0872. The van der Waals surface area contributed by atoms with Gasteiger partial charge in [0.1, 0.15) is 5.82 Å². The lowest BCUT2D eigenvalue weighted by Crippen LogP contribution is -2.48. The second kappa shape index (κ2) is 9.57. The third-order valence-corrected chi connectivity index (χ3v) is 6.51. The number of fused-ring (bicyclic) bond motifs is 1. The summed E-state index contributed by atoms with van der Waals surface area (Å²) in [5.41, 5.74) is -2.76. The van der Waals surface area contributed by atoms with E-state index in [2.05, 4.69) is 5.32 Å². The first kappa shape index (κ1) is 25.7. The molecule has 0 aliphatic carbocycles. The van der Waals surface area contributed by atoms with Crippen molar-refractivity contribution in [1.82, 2.24) is 0 Å². The van der Waals surface area contributed by atoms with Crippen LogP contribution in [0.3, 0.4) is 0 Å². The molecule has 1 atom stereocenters. The Bertz CT molecular complexity index is 1350. The van der Waals surface area contributed by atoms with Crippen molar-refractivity contribution in [3.63, 3.8) is 0 Å². The van der Waals surface area contributed by atoms with Crippen molar-refractivity contribution in [2.45, 2.75) is 24.9 Å². The molecule has 36 heavy (non-hydrogen) atoms. The zero-order valence-electron chi connectivity index (χ0n) is 19.1. The topological polar surface area (TPSA) is 89.9 Å². The largest absolute Gasteiger partial charge is 0.393 e. The van der Waals surface area contributed by atoms with E-state index >= 15 is 0 Å². The van der Waals surface area contributed by atoms with E-state index in [0.29, 0.717) is 11.1 Å². The number of carbonyl (C=O) groups is 2. The molecule has 0 radical (unpaired) electrons. The lowest BCUT2D eigenvalue weighted by atomic mass is 9.86. The summed E-state index contributed by atoms with van der Waals surface area (Å²) in [4.78, 5) is 26.8. The number of rotatable bonds is 4. The molecule has 6 nitrogen and oxygen atoms in total. The van der Waals surface area contributed by atoms with Gasteiger partial charge in [0.2, 0.25) is 0 Å². The summed E-state index contributed by atoms with van der Waals surface area (Å²) in [6, 6.07) is 13.8. The van der Waals surface area contributed by atoms with Gasteiger partial charge in [0.25, 0.3) is 17.7 Å². The monoisotopic (exact) mass is 518 g/mol. The molecule has 0 unspecified atom stereocenters. The highest BCUT2D eigenvalue weighted by molar-refractivity contribution is 6.30. The molecule has 1 aliphatic heterocycles. The molecule has 1 aliphatic rings. The number of carbonyl (C=O) groups excluding carboxylic acids is 2. The van der Waals surface area contributed by atoms with Crippen LogP contribution in [0.1, 0.15) is 38.3 Å². The molecule has 3 N–H and O–H groups in total. The number of halogens is 4. The average molecular weight is 519 g/mol. The Kier molecular flexibility index (Phi) is 6.83. The Labute approximate surface area is 209 Å². The molecule has 4 rings (SSSR count). The van der Waals surface area contributed by atoms with Crippen LogP contribution in [-0.2, 0) is 5.60 Å². The Morgan fingerprint density at radius 3 is 2.50 bits per heavy atom. The van der Waals surface area contributed by atoms with E-state index in [0.717, 1.165) is 17.0 Å². The molecule has 3 aromatic carbocycles. The molecule has 0 bridgehead atoms. The van der Waals surface area contributed by atoms with Gasteiger partial charge < -0.3 is 20.4 Å². The first-order valence-electron chi connectivity index (χ1n) is 11.0. The molecule has 1 heterocycles. The Morgan fingerprint density at radius 2 is 1.83 bits per heavy atom. The molecule has 3 aromatic rings. The molecule has 0 spiro atoms. The zero-order chi connectivity index (χ0) is 26.3. The van der Waals surface area contributed by atoms with Gasteiger partial charge in [-0.1, -0.05) is 29.8 Å². The Hall–Kier alpha value is -3.40. The predicted octanol–water partition coefficient (Wildman–Crippen LogP) is 4.91. The predicted molar refractivity (Wildman–Crippen MR) is 129 cm³/mol. The molecule has 0 fully saturated rings. The van der Waals surface area contributed by atoms with Crippen molar-refractivity contribution in [3.8, 4) is 0 Å². The molecule has 0 saturated carbocycles. The third kappa shape index (κ3) is 4.45. The van der Waals surface area contributed by atoms with E-state index in [4.69, 9.17) is 11.6 Å². The van der Waals surface area contributed by atoms with Gasteiger partial charge in [-0.3, -0.25) is 9.59 Å². The van der Waals surface area contributed by atoms with Crippen LogP contribution in [0.15, 0.2) is 60.7 Å². The van der Waals surface area contributed by atoms with Crippen LogP contribution in [0.25, 0.3) is 0 Å². The summed E-state index contributed by atoms with van der Waals surface area (Å²) >= 11 is 5.96. The van der Waals surface area contributed by atoms with Crippen molar-refractivity contribution >= 4 is 34.8 Å². The van der Waals surface area contributed by atoms with Crippen LogP contribution in [0, 0.1) is 12.7 Å². The van der Waals surface area contributed by atoms with Gasteiger partial charge in [-0.15, -0.1) is 0 Å². The van der Waals surface area contributed by atoms with Crippen LogP contribution < -0.4 is 10.2 Å². The minimum Gasteiger partial charge on any atom is -0.393 e. The van der Waals surface area contributed by atoms with Gasteiger partial charge in [-0.25, -0.2) is 13.2 Å². The summed E-state index contributed by atoms with van der Waals surface area (Å²) in [7, 11) is 0. The molecular formula is C26H22ClF3N2O4. The van der Waals surface area contributed by atoms with Crippen molar-refractivity contribution < 1.29 is 33.0 Å². The van der Waals surface area contributed by atoms with Gasteiger partial charge in [0.05, 0.1) is 18.0 Å². The smallest absolute Gasteiger partial charge is 0.284 e. The first-order chi connectivity index (χ1) is 17.0. The summed E-state index contributed by atoms with van der Waals surface area (Å²) in [5.74, 6) is -6.03. The van der Waals surface area contributed by atoms with E-state index in [9.17, 15) is 33.0 Å². The number of benzene rings is 3. The van der Waals surface area contributed by atoms with Crippen LogP contribution in [0.4, 0.5) is 24.5 Å². The number of hydrogen-bond donors (Lipinski definition) is 3. The number of aliphatic hydroxyl groups excluding tert-OH is 1. The van der Waals surface area contributed by atoms with E-state index < -0.39 is 54.3 Å². The van der Waals surface area contributed by atoms with Crippen LogP contribution in [0.2, 0.25) is 5.02 Å². The number of amides is 2. The number of hydrogen-bond acceptors (Lipinski definition) is 4. The Balaban J connectivity index is 1.67. The van der Waals surface area contributed by atoms with E-state index in [1.165, 1.54) is 24.3 Å². The standard InChI is InChI=1S/C26H22ClF3N2O4/c1-15-4-2-3-5-18(15)23(34)31-21-8-6-16(12-20(21)28)24(35)32-11-10-26(29,30)25(36,14-33)19-13-17(27)7-9-22(19)32/h2-9,12-13,33,36H,10-11,14H2,1H3,(H,31,34)/t25-/m0/s1. The van der Waals surface area contributed by atoms with Crippen molar-refractivity contribution in [1.29, 1.82) is 0 Å². The number of aryl methyl sites for hydroxylation is 1. The Morgan fingerprint density at radius 1 is 1.11 bits per heavy atom. The van der Waals surface area contributed by atoms with Gasteiger partial charge in [-0.05, 0) is 55.0 Å². The average Bonchev–Trinajstić information content (AvgIpc) is 2.93. The van der Waals surface area contributed by atoms with Crippen LogP contribution in [-0.4, -0.2) is 41.1 Å². The third-order valence-electron chi connectivity index (χ3n) is 6.28. The van der Waals surface area contributed by atoms with Gasteiger partial charge in [0, 0.05) is 34.7 Å². The summed E-state index contributed by atoms with van der Waals surface area (Å²) in [6.07, 6.45) is -0.963. The van der Waals surface area contributed by atoms with E-state index in [1.54, 1.807) is 31.2 Å². The van der Waals surface area contributed by atoms with Gasteiger partial charge in [0.15, 0.2) is 5.60 Å². The summed E-state index contributed by atoms with van der Waals surface area (Å²) < 4.78 is 44.6. The number of alkyl halides is 2. The maximum absolute atomic E-state index is 14.9. The quantitative estimate of drug-likeness (QED) is 0.458. The molecule has 188 valence electrons. The van der Waals surface area contributed by atoms with Gasteiger partial charge >= 0.3 is 0 Å². The highest BCUT2D eigenvalue weighted by atomic mass is 35.5. The minimum absolute atomic E-state index is 0.0190. The lowest BCUT2D eigenvalue weighted by molar-refractivity contribution is -0.205. The number of nitrogens with zero attached hydrogens (tertiary/aromatic N) is 1. The molecule has 10 heteroatoms. The first-order valence-corrected chi connectivity index (χ1v) is 11.4. The number of nitrogens with one attached hydrogen (secondary N) is 1. The van der Waals surface area contributed by atoms with Crippen LogP contribution >= 0.6 is 11.6 Å². The fraction of sp³-hybridized carbons (Fsp3) is 0.231. The van der Waals surface area contributed by atoms with E-state index in [-0.39, 0.29) is 22.0 Å². The maximum Gasteiger partial charge on any atom is 0.284 e. The highest BCUT2D eigenvalue weighted by Gasteiger charge is 2.56. The van der Waals surface area contributed by atoms with Crippen LogP contribution in [0.5, 0.6) is 0 Å². The highest BCUT2D eigenvalue weighted by Crippen LogP contribution is 2.47. The minimum atomic E-state index is -3.79. The maximum atomic E-state index is 14.9.